The topological polar surface area (TPSA) is 43.2 Å². The second kappa shape index (κ2) is 9.43. The molecule has 5 aromatic rings. The molecule has 0 radical (unpaired) electrons. The van der Waals surface area contributed by atoms with Crippen molar-refractivity contribution < 1.29 is 4.74 Å². The van der Waals surface area contributed by atoms with E-state index < -0.39 is 0 Å². The smallest absolute Gasteiger partial charge is 0.158 e. The fourth-order valence-corrected chi connectivity index (χ4v) is 4.31. The molecule has 2 aromatic heterocycles. The van der Waals surface area contributed by atoms with Gasteiger partial charge in [-0.2, -0.15) is 0 Å². The van der Waals surface area contributed by atoms with Gasteiger partial charge in [0.15, 0.2) is 5.82 Å². The SMILES string of the molecule is CCOCn1c(C)nc2c(N(Cc3ccccc3)Cc3ccccc3)nc3ccccc3c21. The van der Waals surface area contributed by atoms with Gasteiger partial charge in [-0.1, -0.05) is 78.9 Å². The van der Waals surface area contributed by atoms with Crippen LogP contribution in [0, 0.1) is 6.92 Å². The first-order valence-electron chi connectivity index (χ1n) is 11.4. The molecule has 0 saturated carbocycles. The van der Waals surface area contributed by atoms with Gasteiger partial charge in [-0.15, -0.1) is 0 Å². The van der Waals surface area contributed by atoms with Crippen LogP contribution in [0.5, 0.6) is 0 Å². The average molecular weight is 437 g/mol. The average Bonchev–Trinajstić information content (AvgIpc) is 3.19. The maximum absolute atomic E-state index is 5.80. The van der Waals surface area contributed by atoms with Crippen molar-refractivity contribution >= 4 is 27.8 Å². The zero-order chi connectivity index (χ0) is 22.6. The number of aromatic nitrogens is 3. The first kappa shape index (κ1) is 21.2. The Morgan fingerprint density at radius 3 is 2.03 bits per heavy atom. The maximum Gasteiger partial charge on any atom is 0.158 e. The molecule has 3 aromatic carbocycles. The number of aryl methyl sites for hydroxylation is 1. The zero-order valence-corrected chi connectivity index (χ0v) is 19.1. The molecule has 0 N–H and O–H groups in total. The summed E-state index contributed by atoms with van der Waals surface area (Å²) >= 11 is 0. The molecule has 166 valence electrons. The van der Waals surface area contributed by atoms with Crippen molar-refractivity contribution in [1.29, 1.82) is 0 Å². The molecule has 2 heterocycles. The highest BCUT2D eigenvalue weighted by Gasteiger charge is 2.21. The fraction of sp³-hybridized carbons (Fsp3) is 0.214. The van der Waals surface area contributed by atoms with E-state index in [0.29, 0.717) is 13.3 Å². The molecular formula is C28H28N4O. The third-order valence-corrected chi connectivity index (χ3v) is 5.91. The summed E-state index contributed by atoms with van der Waals surface area (Å²) in [6.07, 6.45) is 0. The molecule has 0 amide bonds. The van der Waals surface area contributed by atoms with Crippen LogP contribution in [0.4, 0.5) is 5.82 Å². The summed E-state index contributed by atoms with van der Waals surface area (Å²) in [5.74, 6) is 1.83. The molecule has 0 spiro atoms. The van der Waals surface area contributed by atoms with Gasteiger partial charge in [0, 0.05) is 25.1 Å². The van der Waals surface area contributed by atoms with Gasteiger partial charge in [0.2, 0.25) is 0 Å². The highest BCUT2D eigenvalue weighted by atomic mass is 16.5. The molecule has 33 heavy (non-hydrogen) atoms. The van der Waals surface area contributed by atoms with E-state index in [1.807, 2.05) is 19.9 Å². The summed E-state index contributed by atoms with van der Waals surface area (Å²) in [6, 6.07) is 29.4. The van der Waals surface area contributed by atoms with Gasteiger partial charge < -0.3 is 14.2 Å². The standard InChI is InChI=1S/C28H28N4O/c1-3-33-20-32-21(2)29-26-27(32)24-16-10-11-17-25(24)30-28(26)31(18-22-12-6-4-7-13-22)19-23-14-8-5-9-15-23/h4-17H,3,18-20H2,1-2H3. The zero-order valence-electron chi connectivity index (χ0n) is 19.1. The van der Waals surface area contributed by atoms with Crippen LogP contribution in [0.3, 0.4) is 0 Å². The van der Waals surface area contributed by atoms with Crippen LogP contribution >= 0.6 is 0 Å². The number of rotatable bonds is 8. The predicted octanol–water partition coefficient (Wildman–Crippen LogP) is 6.09. The molecule has 0 fully saturated rings. The lowest BCUT2D eigenvalue weighted by Crippen LogP contribution is -2.23. The lowest BCUT2D eigenvalue weighted by molar-refractivity contribution is 0.0893. The van der Waals surface area contributed by atoms with E-state index >= 15 is 0 Å². The lowest BCUT2D eigenvalue weighted by Gasteiger charge is -2.25. The van der Waals surface area contributed by atoms with Gasteiger partial charge in [-0.3, -0.25) is 0 Å². The highest BCUT2D eigenvalue weighted by molar-refractivity contribution is 6.07. The number of pyridine rings is 1. The molecule has 0 aliphatic rings. The Balaban J connectivity index is 1.71. The second-order valence-electron chi connectivity index (χ2n) is 8.19. The first-order chi connectivity index (χ1) is 16.2. The number of hydrogen-bond acceptors (Lipinski definition) is 4. The van der Waals surface area contributed by atoms with Crippen molar-refractivity contribution in [2.45, 2.75) is 33.7 Å². The Labute approximate surface area is 194 Å². The van der Waals surface area contributed by atoms with Crippen LogP contribution in [0.2, 0.25) is 0 Å². The highest BCUT2D eigenvalue weighted by Crippen LogP contribution is 2.33. The third-order valence-electron chi connectivity index (χ3n) is 5.91. The monoisotopic (exact) mass is 436 g/mol. The van der Waals surface area contributed by atoms with Crippen molar-refractivity contribution in [3.8, 4) is 0 Å². The molecule has 0 unspecified atom stereocenters. The van der Waals surface area contributed by atoms with Crippen molar-refractivity contribution in [3.05, 3.63) is 102 Å². The number of imidazole rings is 1. The van der Waals surface area contributed by atoms with Gasteiger partial charge in [-0.25, -0.2) is 9.97 Å². The Bertz CT molecular complexity index is 1320. The van der Waals surface area contributed by atoms with Crippen LogP contribution in [0.15, 0.2) is 84.9 Å². The molecule has 0 atom stereocenters. The van der Waals surface area contributed by atoms with Crippen molar-refractivity contribution in [2.24, 2.45) is 0 Å². The summed E-state index contributed by atoms with van der Waals surface area (Å²) in [5, 5.41) is 1.09. The van der Waals surface area contributed by atoms with Gasteiger partial charge in [0.05, 0.1) is 11.0 Å². The molecule has 5 rings (SSSR count). The van der Waals surface area contributed by atoms with E-state index in [-0.39, 0.29) is 0 Å². The van der Waals surface area contributed by atoms with Crippen molar-refractivity contribution in [1.82, 2.24) is 14.5 Å². The normalized spacial score (nSPS) is 11.3. The minimum Gasteiger partial charge on any atom is -0.361 e. The Morgan fingerprint density at radius 1 is 0.788 bits per heavy atom. The molecule has 5 nitrogen and oxygen atoms in total. The van der Waals surface area contributed by atoms with Crippen LogP contribution in [-0.4, -0.2) is 21.1 Å². The summed E-state index contributed by atoms with van der Waals surface area (Å²) in [5.41, 5.74) is 5.43. The molecule has 0 saturated heterocycles. The van der Waals surface area contributed by atoms with E-state index in [0.717, 1.165) is 46.7 Å². The number of para-hydroxylation sites is 1. The summed E-state index contributed by atoms with van der Waals surface area (Å²) < 4.78 is 7.96. The molecule has 0 aliphatic heterocycles. The van der Waals surface area contributed by atoms with Crippen LogP contribution in [0.1, 0.15) is 23.9 Å². The van der Waals surface area contributed by atoms with E-state index in [1.165, 1.54) is 11.1 Å². The molecule has 0 bridgehead atoms. The quantitative estimate of drug-likeness (QED) is 0.295. The van der Waals surface area contributed by atoms with Crippen molar-refractivity contribution in [2.75, 3.05) is 11.5 Å². The molecular weight excluding hydrogens is 408 g/mol. The number of benzene rings is 3. The van der Waals surface area contributed by atoms with E-state index in [2.05, 4.69) is 88.3 Å². The predicted molar refractivity (Wildman–Crippen MR) is 134 cm³/mol. The van der Waals surface area contributed by atoms with E-state index in [9.17, 15) is 0 Å². The molecule has 0 aliphatic carbocycles. The Hall–Kier alpha value is -3.70. The molecule has 5 heteroatoms. The number of ether oxygens (including phenoxy) is 1. The maximum atomic E-state index is 5.80. The van der Waals surface area contributed by atoms with Crippen LogP contribution in [0.25, 0.3) is 21.9 Å². The largest absolute Gasteiger partial charge is 0.361 e. The van der Waals surface area contributed by atoms with Gasteiger partial charge in [-0.05, 0) is 31.0 Å². The first-order valence-corrected chi connectivity index (χ1v) is 11.4. The number of nitrogens with zero attached hydrogens (tertiary/aromatic N) is 4. The van der Waals surface area contributed by atoms with Gasteiger partial charge in [0.1, 0.15) is 18.1 Å². The number of fused-ring (bicyclic) bond motifs is 3. The summed E-state index contributed by atoms with van der Waals surface area (Å²) in [7, 11) is 0. The van der Waals surface area contributed by atoms with Gasteiger partial charge >= 0.3 is 0 Å². The second-order valence-corrected chi connectivity index (χ2v) is 8.19. The minimum atomic E-state index is 0.476. The fourth-order valence-electron chi connectivity index (χ4n) is 4.31. The van der Waals surface area contributed by atoms with Crippen molar-refractivity contribution in [3.63, 3.8) is 0 Å². The Kier molecular flexibility index (Phi) is 6.05. The van der Waals surface area contributed by atoms with E-state index in [4.69, 9.17) is 14.7 Å². The van der Waals surface area contributed by atoms with Gasteiger partial charge in [0.25, 0.3) is 0 Å². The van der Waals surface area contributed by atoms with Crippen LogP contribution < -0.4 is 4.90 Å². The lowest BCUT2D eigenvalue weighted by atomic mass is 10.1. The summed E-state index contributed by atoms with van der Waals surface area (Å²) in [4.78, 5) is 12.5. The number of anilines is 1. The minimum absolute atomic E-state index is 0.476. The summed E-state index contributed by atoms with van der Waals surface area (Å²) in [6.45, 7) is 6.67. The Morgan fingerprint density at radius 2 is 1.39 bits per heavy atom. The third kappa shape index (κ3) is 4.32. The van der Waals surface area contributed by atoms with E-state index in [1.54, 1.807) is 0 Å². The van der Waals surface area contributed by atoms with Crippen LogP contribution in [-0.2, 0) is 24.6 Å². The number of hydrogen-bond donors (Lipinski definition) is 0.